The summed E-state index contributed by atoms with van der Waals surface area (Å²) in [5.74, 6) is -0.976. The number of halogens is 5. The van der Waals surface area contributed by atoms with Crippen molar-refractivity contribution in [1.82, 2.24) is 0 Å². The molecular weight excluding hydrogens is 476 g/mol. The predicted molar refractivity (Wildman–Crippen MR) is 111 cm³/mol. The van der Waals surface area contributed by atoms with Crippen LogP contribution >= 0.6 is 23.2 Å². The Bertz CT molecular complexity index is 1250. The number of nitrogens with one attached hydrogen (secondary N) is 1. The van der Waals surface area contributed by atoms with Gasteiger partial charge >= 0.3 is 6.18 Å². The molecule has 3 rings (SSSR count). The lowest BCUT2D eigenvalue weighted by Crippen LogP contribution is -2.22. The van der Waals surface area contributed by atoms with Gasteiger partial charge in [0.1, 0.15) is 0 Å². The fraction of sp³-hybridized carbons (Fsp3) is 0.0500. The lowest BCUT2D eigenvalue weighted by atomic mass is 10.1. The van der Waals surface area contributed by atoms with Gasteiger partial charge in [0.2, 0.25) is 0 Å². The van der Waals surface area contributed by atoms with Crippen LogP contribution < -0.4 is 9.83 Å². The molecule has 0 spiro atoms. The predicted octanol–water partition coefficient (Wildman–Crippen LogP) is 5.25. The van der Waals surface area contributed by atoms with E-state index in [4.69, 9.17) is 23.2 Å². The standard InChI is InChI=1S/C20H13Cl2F3N2O3S/c21-13-6-8-14(9-7-13)31(29,30)27-17-4-2-1-3-15(17)19(28)26-18-11-12(20(23,24)25)5-10-16(18)22/h1-11,27H,(H,26,28)/p-1. The average Bonchev–Trinajstić information content (AvgIpc) is 2.69. The zero-order valence-corrected chi connectivity index (χ0v) is 17.6. The molecule has 0 unspecified atom stereocenters. The van der Waals surface area contributed by atoms with E-state index in [1.807, 2.05) is 0 Å². The van der Waals surface area contributed by atoms with Crippen molar-refractivity contribution in [3.63, 3.8) is 0 Å². The van der Waals surface area contributed by atoms with E-state index in [1.54, 1.807) is 0 Å². The Hall–Kier alpha value is -2.75. The van der Waals surface area contributed by atoms with Crippen LogP contribution in [0.4, 0.5) is 24.5 Å². The molecule has 1 N–H and O–H groups in total. The van der Waals surface area contributed by atoms with Gasteiger partial charge in [0, 0.05) is 10.6 Å². The Morgan fingerprint density at radius 1 is 0.968 bits per heavy atom. The van der Waals surface area contributed by atoms with E-state index in [2.05, 4.69) is 9.71 Å². The van der Waals surface area contributed by atoms with Crippen LogP contribution in [-0.2, 0) is 16.2 Å². The zero-order valence-electron chi connectivity index (χ0n) is 15.3. The van der Waals surface area contributed by atoms with Crippen LogP contribution in [0, 0.1) is 0 Å². The first kappa shape index (κ1) is 22.9. The number of nitrogens with zero attached hydrogens (tertiary/aromatic N) is 1. The molecule has 0 aliphatic carbocycles. The minimum atomic E-state index is -4.65. The fourth-order valence-electron chi connectivity index (χ4n) is 2.52. The Morgan fingerprint density at radius 3 is 2.26 bits per heavy atom. The second kappa shape index (κ2) is 8.78. The Labute approximate surface area is 185 Å². The van der Waals surface area contributed by atoms with Gasteiger partial charge in [-0.15, -0.1) is 0 Å². The van der Waals surface area contributed by atoms with Crippen molar-refractivity contribution in [3.05, 3.63) is 87.9 Å². The molecule has 162 valence electrons. The highest BCUT2D eigenvalue weighted by atomic mass is 35.5. The number of hydrogen-bond acceptors (Lipinski definition) is 4. The first-order valence-electron chi connectivity index (χ1n) is 8.47. The van der Waals surface area contributed by atoms with Crippen molar-refractivity contribution in [3.8, 4) is 0 Å². The number of benzene rings is 3. The van der Waals surface area contributed by atoms with Crippen LogP contribution in [0.25, 0.3) is 0 Å². The maximum atomic E-state index is 12.9. The molecule has 0 bridgehead atoms. The van der Waals surface area contributed by atoms with Gasteiger partial charge in [0.15, 0.2) is 0 Å². The van der Waals surface area contributed by atoms with Gasteiger partial charge in [-0.3, -0.25) is 9.71 Å². The van der Waals surface area contributed by atoms with Crippen molar-refractivity contribution >= 4 is 50.5 Å². The van der Waals surface area contributed by atoms with Gasteiger partial charge < -0.3 is 5.11 Å². The van der Waals surface area contributed by atoms with Crippen molar-refractivity contribution in [2.24, 2.45) is 4.99 Å². The van der Waals surface area contributed by atoms with Crippen molar-refractivity contribution < 1.29 is 26.7 Å². The monoisotopic (exact) mass is 487 g/mol. The first-order valence-corrected chi connectivity index (χ1v) is 10.7. The second-order valence-corrected chi connectivity index (χ2v) is 8.71. The first-order chi connectivity index (χ1) is 14.5. The summed E-state index contributed by atoms with van der Waals surface area (Å²) in [6, 6.07) is 13.3. The molecule has 0 heterocycles. The quantitative estimate of drug-likeness (QED) is 0.394. The normalized spacial score (nSPS) is 12.6. The summed E-state index contributed by atoms with van der Waals surface area (Å²) in [6.07, 6.45) is -4.65. The highest BCUT2D eigenvalue weighted by Gasteiger charge is 2.31. The van der Waals surface area contributed by atoms with Crippen LogP contribution in [0.2, 0.25) is 10.0 Å². The molecule has 0 radical (unpaired) electrons. The second-order valence-electron chi connectivity index (χ2n) is 6.19. The van der Waals surface area contributed by atoms with E-state index in [0.717, 1.165) is 12.1 Å². The Balaban J connectivity index is 1.99. The number of alkyl halides is 3. The van der Waals surface area contributed by atoms with E-state index < -0.39 is 33.3 Å². The molecular formula is C20H12Cl2F3N2O3S-. The molecule has 3 aromatic rings. The number of sulfonamides is 1. The van der Waals surface area contributed by atoms with E-state index in [-0.39, 0.29) is 21.2 Å². The summed E-state index contributed by atoms with van der Waals surface area (Å²) in [5, 5.41) is 12.8. The summed E-state index contributed by atoms with van der Waals surface area (Å²) in [4.78, 5) is 3.55. The van der Waals surface area contributed by atoms with Gasteiger partial charge in [-0.05, 0) is 54.4 Å². The minimum absolute atomic E-state index is 0.1000. The fourth-order valence-corrected chi connectivity index (χ4v) is 3.89. The zero-order chi connectivity index (χ0) is 22.8. The minimum Gasteiger partial charge on any atom is -0.858 e. The third-order valence-corrected chi connectivity index (χ3v) is 5.97. The van der Waals surface area contributed by atoms with Crippen LogP contribution in [0.1, 0.15) is 11.1 Å². The van der Waals surface area contributed by atoms with E-state index in [0.29, 0.717) is 11.1 Å². The van der Waals surface area contributed by atoms with Crippen LogP contribution in [0.3, 0.4) is 0 Å². The number of hydrogen-bond donors (Lipinski definition) is 1. The SMILES string of the molecule is O=S(=O)(Nc1ccccc1C([O-])=Nc1cc(C(F)(F)F)ccc1Cl)c1ccc(Cl)cc1. The largest absolute Gasteiger partial charge is 0.858 e. The molecule has 0 aliphatic heterocycles. The van der Waals surface area contributed by atoms with Crippen LogP contribution in [-0.4, -0.2) is 14.3 Å². The topological polar surface area (TPSA) is 81.6 Å². The lowest BCUT2D eigenvalue weighted by Gasteiger charge is -2.18. The molecule has 3 aromatic carbocycles. The lowest BCUT2D eigenvalue weighted by molar-refractivity contribution is -0.212. The number of aliphatic imine (C=N–C) groups is 1. The molecule has 11 heteroatoms. The molecule has 0 saturated carbocycles. The molecule has 0 saturated heterocycles. The highest BCUT2D eigenvalue weighted by molar-refractivity contribution is 7.92. The molecule has 0 aliphatic rings. The number of para-hydroxylation sites is 1. The maximum absolute atomic E-state index is 12.9. The van der Waals surface area contributed by atoms with Gasteiger partial charge in [-0.2, -0.15) is 13.2 Å². The Morgan fingerprint density at radius 2 is 1.61 bits per heavy atom. The summed E-state index contributed by atoms with van der Waals surface area (Å²) < 4.78 is 66.3. The summed E-state index contributed by atoms with van der Waals surface area (Å²) in [6.45, 7) is 0. The van der Waals surface area contributed by atoms with E-state index in [9.17, 15) is 26.7 Å². The van der Waals surface area contributed by atoms with Gasteiger partial charge in [-0.1, -0.05) is 41.4 Å². The molecule has 31 heavy (non-hydrogen) atoms. The van der Waals surface area contributed by atoms with E-state index in [1.165, 1.54) is 48.5 Å². The molecule has 0 atom stereocenters. The molecule has 0 amide bonds. The average molecular weight is 488 g/mol. The van der Waals surface area contributed by atoms with Gasteiger partial charge in [0.05, 0.1) is 26.9 Å². The molecule has 0 aromatic heterocycles. The summed E-state index contributed by atoms with van der Waals surface area (Å²) >= 11 is 11.6. The van der Waals surface area contributed by atoms with Gasteiger partial charge in [0.25, 0.3) is 10.0 Å². The summed E-state index contributed by atoms with van der Waals surface area (Å²) in [7, 11) is -4.07. The third kappa shape index (κ3) is 5.49. The van der Waals surface area contributed by atoms with Gasteiger partial charge in [-0.25, -0.2) is 8.42 Å². The number of rotatable bonds is 5. The van der Waals surface area contributed by atoms with Crippen molar-refractivity contribution in [1.29, 1.82) is 0 Å². The number of anilines is 1. The van der Waals surface area contributed by atoms with Crippen LogP contribution in [0.15, 0.2) is 76.6 Å². The highest BCUT2D eigenvalue weighted by Crippen LogP contribution is 2.35. The summed E-state index contributed by atoms with van der Waals surface area (Å²) in [5.41, 5.74) is -1.69. The molecule has 5 nitrogen and oxygen atoms in total. The van der Waals surface area contributed by atoms with Crippen molar-refractivity contribution in [2.75, 3.05) is 4.72 Å². The van der Waals surface area contributed by atoms with Crippen LogP contribution in [0.5, 0.6) is 0 Å². The Kier molecular flexibility index (Phi) is 6.49. The van der Waals surface area contributed by atoms with Crippen molar-refractivity contribution in [2.45, 2.75) is 11.1 Å². The maximum Gasteiger partial charge on any atom is 0.416 e. The van der Waals surface area contributed by atoms with E-state index >= 15 is 0 Å². The molecule has 0 fully saturated rings. The third-order valence-electron chi connectivity index (χ3n) is 4.02. The smallest absolute Gasteiger partial charge is 0.416 e.